The lowest BCUT2D eigenvalue weighted by Crippen LogP contribution is -2.51. The average Bonchev–Trinajstić information content (AvgIpc) is 4.06. The Hall–Kier alpha value is -6.94. The number of piperidine rings is 3. The van der Waals surface area contributed by atoms with Gasteiger partial charge in [-0.1, -0.05) is 13.0 Å². The minimum Gasteiger partial charge on any atom is -0.508 e. The Morgan fingerprint density at radius 2 is 1.68 bits per heavy atom. The van der Waals surface area contributed by atoms with Crippen LogP contribution in [0.5, 0.6) is 11.8 Å². The predicted octanol–water partition coefficient (Wildman–Crippen LogP) is 8.45. The molecule has 7 aliphatic rings. The number of aromatic nitrogens is 6. The number of benzene rings is 2. The first-order chi connectivity index (χ1) is 39.1. The molecule has 0 aliphatic carbocycles. The largest absolute Gasteiger partial charge is 0.508 e. The van der Waals surface area contributed by atoms with Crippen molar-refractivity contribution in [3.05, 3.63) is 65.0 Å². The van der Waals surface area contributed by atoms with E-state index in [0.29, 0.717) is 109 Å². The Bertz CT molecular complexity index is 3500. The van der Waals surface area contributed by atoms with Crippen molar-refractivity contribution in [2.75, 3.05) is 75.5 Å². The Kier molecular flexibility index (Phi) is 13.7. The summed E-state index contributed by atoms with van der Waals surface area (Å²) in [6.07, 6.45) is 5.52. The normalized spacial score (nSPS) is 24.8. The van der Waals surface area contributed by atoms with Crippen molar-refractivity contribution in [1.82, 2.24) is 44.8 Å². The number of phenols is 1. The van der Waals surface area contributed by atoms with Gasteiger partial charge in [-0.05, 0) is 137 Å². The van der Waals surface area contributed by atoms with E-state index in [0.717, 1.165) is 44.0 Å². The number of fused-ring (bicyclic) bond motifs is 5. The molecular formula is C59H67F4N11O7. The van der Waals surface area contributed by atoms with Crippen LogP contribution in [-0.2, 0) is 39.0 Å². The lowest BCUT2D eigenvalue weighted by Gasteiger charge is -2.43. The highest BCUT2D eigenvalue weighted by atomic mass is 19.2. The number of phenolic OH excluding ortho intramolecular Hbond substituents is 1. The third-order valence-corrected chi connectivity index (χ3v) is 18.7. The molecule has 428 valence electrons. The first kappa shape index (κ1) is 53.4. The number of nitrogens with one attached hydrogen (secondary N) is 1. The lowest BCUT2D eigenvalue weighted by molar-refractivity contribution is -0.134. The number of nitrogens with zero attached hydrogens (tertiary/aromatic N) is 10. The number of alkyl halides is 2. The van der Waals surface area contributed by atoms with Gasteiger partial charge in [-0.15, -0.1) is 0 Å². The fourth-order valence-corrected chi connectivity index (χ4v) is 14.5. The number of aryl methyl sites for hydroxylation is 3. The zero-order valence-corrected chi connectivity index (χ0v) is 45.8. The maximum Gasteiger partial charge on any atom is 0.409 e. The standard InChI is InChI=1S/C59H67F4N11O7/c1-3-38-42(60)10-6-34-28-37(75)29-41(46(34)38)50-48(61)51-47-43(64-50)11-7-35-30-79-27-5-21-73(35)53(47)68-55(67-51)81-33-59-15-4-22-74(59)36(14-16-59)31-80-56(78)72-25-19-58(63,20-26-72)32-57(62)17-23-71(24-18-57)44-12-8-39-49(69-70(2)52(39)65-44)40-9-13-45(76)66-54(40)77/h6,8,10,12,28-29,35-36,40,75H,3-5,7,9,11,13-27,30-33H2,1-2H3,(H,66,76,77)/t35-,36-,40?,59-/m0/s1. The molecule has 81 heavy (non-hydrogen) atoms. The monoisotopic (exact) mass is 1120 g/mol. The van der Waals surface area contributed by atoms with E-state index >= 15 is 17.6 Å². The van der Waals surface area contributed by atoms with Gasteiger partial charge in [0.2, 0.25) is 11.8 Å². The Labute approximate surface area is 465 Å². The van der Waals surface area contributed by atoms with Gasteiger partial charge in [-0.25, -0.2) is 32.3 Å². The van der Waals surface area contributed by atoms with E-state index in [1.807, 2.05) is 24.0 Å². The highest BCUT2D eigenvalue weighted by Crippen LogP contribution is 2.47. The van der Waals surface area contributed by atoms with Crippen LogP contribution in [0.2, 0.25) is 0 Å². The number of halogens is 4. The molecule has 11 heterocycles. The molecule has 6 aromatic rings. The summed E-state index contributed by atoms with van der Waals surface area (Å²) < 4.78 is 86.3. The molecule has 0 radical (unpaired) electrons. The van der Waals surface area contributed by atoms with Crippen LogP contribution < -0.4 is 19.9 Å². The number of anilines is 2. The number of hydrogen-bond acceptors (Lipinski definition) is 15. The topological polar surface area (TPSA) is 193 Å². The molecule has 13 rings (SSSR count). The molecular weight excluding hydrogens is 1050 g/mol. The summed E-state index contributed by atoms with van der Waals surface area (Å²) in [6.45, 7) is 5.52. The second-order valence-electron chi connectivity index (χ2n) is 23.6. The number of hydrogen-bond donors (Lipinski definition) is 2. The van der Waals surface area contributed by atoms with Crippen LogP contribution in [0.3, 0.4) is 0 Å². The second-order valence-corrected chi connectivity index (χ2v) is 23.6. The summed E-state index contributed by atoms with van der Waals surface area (Å²) in [7, 11) is 1.75. The van der Waals surface area contributed by atoms with E-state index in [4.69, 9.17) is 34.1 Å². The quantitative estimate of drug-likeness (QED) is 0.0927. The van der Waals surface area contributed by atoms with Crippen molar-refractivity contribution in [3.8, 4) is 23.0 Å². The molecule has 2 aromatic carbocycles. The van der Waals surface area contributed by atoms with Crippen molar-refractivity contribution in [2.24, 2.45) is 7.05 Å². The van der Waals surface area contributed by atoms with Crippen molar-refractivity contribution < 1.29 is 51.3 Å². The molecule has 4 atom stereocenters. The van der Waals surface area contributed by atoms with Crippen LogP contribution in [0.15, 0.2) is 36.4 Å². The molecule has 18 nitrogen and oxygen atoms in total. The number of ether oxygens (including phenoxy) is 3. The van der Waals surface area contributed by atoms with Gasteiger partial charge in [0, 0.05) is 76.2 Å². The van der Waals surface area contributed by atoms with Crippen LogP contribution in [0.1, 0.15) is 113 Å². The summed E-state index contributed by atoms with van der Waals surface area (Å²) in [5.41, 5.74) is -1.51. The molecule has 0 saturated carbocycles. The zero-order chi connectivity index (χ0) is 56.0. The maximum absolute atomic E-state index is 17.6. The van der Waals surface area contributed by atoms with Crippen LogP contribution in [-0.4, -0.2) is 157 Å². The molecule has 6 fully saturated rings. The molecule has 0 bridgehead atoms. The molecule has 4 aromatic heterocycles. The first-order valence-electron chi connectivity index (χ1n) is 28.9. The van der Waals surface area contributed by atoms with E-state index in [1.54, 1.807) is 23.9 Å². The first-order valence-corrected chi connectivity index (χ1v) is 28.9. The smallest absolute Gasteiger partial charge is 0.409 e. The highest BCUT2D eigenvalue weighted by Gasteiger charge is 2.51. The molecule has 0 spiro atoms. The zero-order valence-electron chi connectivity index (χ0n) is 45.8. The van der Waals surface area contributed by atoms with Crippen molar-refractivity contribution >= 4 is 62.3 Å². The Morgan fingerprint density at radius 3 is 2.47 bits per heavy atom. The number of carbonyl (C=O) groups is 3. The van der Waals surface area contributed by atoms with Crippen molar-refractivity contribution in [1.29, 1.82) is 0 Å². The van der Waals surface area contributed by atoms with Gasteiger partial charge in [0.15, 0.2) is 11.5 Å². The number of amides is 3. The van der Waals surface area contributed by atoms with E-state index in [-0.39, 0.29) is 117 Å². The highest BCUT2D eigenvalue weighted by molar-refractivity contribution is 6.03. The third kappa shape index (κ3) is 9.70. The Balaban J connectivity index is 0.650. The minimum atomic E-state index is -1.78. The number of imide groups is 1. The van der Waals surface area contributed by atoms with Crippen molar-refractivity contribution in [2.45, 2.75) is 138 Å². The van der Waals surface area contributed by atoms with Gasteiger partial charge in [0.25, 0.3) is 0 Å². The van der Waals surface area contributed by atoms with Gasteiger partial charge in [-0.3, -0.25) is 24.5 Å². The van der Waals surface area contributed by atoms with Crippen molar-refractivity contribution in [3.63, 3.8) is 0 Å². The molecule has 3 amide bonds. The minimum absolute atomic E-state index is 0.00201. The SMILES string of the molecule is CCc1c(F)ccc2cc(O)cc(-c3nc4c5c(nc(OC[C@@]67CCCN6[C@H](COC(=O)N6CCC(F)(CC8(F)CCN(c9ccc%10c(C%11CCC(=O)NC%11=O)nn(C)c%10n9)CC8)CC6)CC7)nc5c3F)N3CCCOC[C@@H]3CC4)c12. The van der Waals surface area contributed by atoms with Gasteiger partial charge >= 0.3 is 12.1 Å². The average molecular weight is 1120 g/mol. The number of likely N-dealkylation sites (tertiary alicyclic amines) is 1. The Morgan fingerprint density at radius 1 is 0.877 bits per heavy atom. The predicted molar refractivity (Wildman–Crippen MR) is 293 cm³/mol. The summed E-state index contributed by atoms with van der Waals surface area (Å²) in [6, 6.07) is 9.48. The number of pyridine rings is 2. The molecule has 2 N–H and O–H groups in total. The molecule has 6 saturated heterocycles. The number of carbonyl (C=O) groups excluding carboxylic acids is 3. The van der Waals surface area contributed by atoms with E-state index in [9.17, 15) is 19.5 Å². The van der Waals surface area contributed by atoms with Crippen LogP contribution in [0, 0.1) is 11.6 Å². The summed E-state index contributed by atoms with van der Waals surface area (Å²) >= 11 is 0. The van der Waals surface area contributed by atoms with Gasteiger partial charge < -0.3 is 34.0 Å². The van der Waals surface area contributed by atoms with Crippen LogP contribution in [0.4, 0.5) is 34.0 Å². The van der Waals surface area contributed by atoms with Crippen LogP contribution >= 0.6 is 0 Å². The van der Waals surface area contributed by atoms with E-state index in [2.05, 4.69) is 20.2 Å². The maximum atomic E-state index is 17.6. The lowest BCUT2D eigenvalue weighted by atomic mass is 9.78. The van der Waals surface area contributed by atoms with E-state index < -0.39 is 40.5 Å². The van der Waals surface area contributed by atoms with Crippen LogP contribution in [0.25, 0.3) is 44.0 Å². The summed E-state index contributed by atoms with van der Waals surface area (Å²) in [5.74, 6) is -1.30. The second kappa shape index (κ2) is 20.8. The number of aromatic hydroxyl groups is 1. The number of rotatable bonds is 11. The summed E-state index contributed by atoms with van der Waals surface area (Å²) in [5, 5.41) is 20.1. The molecule has 1 unspecified atom stereocenters. The third-order valence-electron chi connectivity index (χ3n) is 18.7. The van der Waals surface area contributed by atoms with Gasteiger partial charge in [0.05, 0.1) is 40.9 Å². The summed E-state index contributed by atoms with van der Waals surface area (Å²) in [4.78, 5) is 65.7. The van der Waals surface area contributed by atoms with Gasteiger partial charge in [-0.2, -0.15) is 15.1 Å². The molecule has 7 aliphatic heterocycles. The fourth-order valence-electron chi connectivity index (χ4n) is 14.5. The van der Waals surface area contributed by atoms with E-state index in [1.165, 1.54) is 17.0 Å². The fraction of sp³-hybridized carbons (Fsp3) is 0.559. The molecule has 22 heteroatoms. The van der Waals surface area contributed by atoms with Gasteiger partial charge in [0.1, 0.15) is 59.0 Å².